The average Bonchev–Trinajstić information content (AvgIpc) is 2.55. The molecule has 0 aromatic heterocycles. The molecule has 0 spiro atoms. The minimum absolute atomic E-state index is 0.180. The van der Waals surface area contributed by atoms with Crippen molar-refractivity contribution in [2.24, 2.45) is 5.92 Å². The fourth-order valence-electron chi connectivity index (χ4n) is 4.62. The van der Waals surface area contributed by atoms with Crippen molar-refractivity contribution in [2.75, 3.05) is 0 Å². The van der Waals surface area contributed by atoms with Gasteiger partial charge in [-0.2, -0.15) is 0 Å². The molecule has 132 valence electrons. The van der Waals surface area contributed by atoms with Crippen molar-refractivity contribution < 1.29 is 20.1 Å². The van der Waals surface area contributed by atoms with Crippen molar-refractivity contribution in [2.45, 2.75) is 49.5 Å². The second-order valence-electron chi connectivity index (χ2n) is 7.13. The second kappa shape index (κ2) is 6.74. The van der Waals surface area contributed by atoms with Crippen LogP contribution in [0.2, 0.25) is 0 Å². The molecule has 5 heteroatoms. The summed E-state index contributed by atoms with van der Waals surface area (Å²) in [5.41, 5.74) is 0.931. The van der Waals surface area contributed by atoms with Crippen LogP contribution in [0.3, 0.4) is 0 Å². The molecule has 0 unspecified atom stereocenters. The molecule has 1 fully saturated rings. The molecule has 25 heavy (non-hydrogen) atoms. The van der Waals surface area contributed by atoms with Gasteiger partial charge in [0.2, 0.25) is 0 Å². The van der Waals surface area contributed by atoms with E-state index in [1.54, 1.807) is 18.2 Å². The van der Waals surface area contributed by atoms with Crippen molar-refractivity contribution in [1.29, 1.82) is 0 Å². The summed E-state index contributed by atoms with van der Waals surface area (Å²) in [6.45, 7) is 0. The third kappa shape index (κ3) is 3.40. The van der Waals surface area contributed by atoms with Crippen LogP contribution in [0.1, 0.15) is 43.2 Å². The van der Waals surface area contributed by atoms with Gasteiger partial charge in [0.15, 0.2) is 0 Å². The predicted octanol–water partition coefficient (Wildman–Crippen LogP) is 3.34. The first-order chi connectivity index (χ1) is 11.9. The van der Waals surface area contributed by atoms with Gasteiger partial charge in [-0.3, -0.25) is 0 Å². The van der Waals surface area contributed by atoms with Crippen LogP contribution in [-0.2, 0) is 16.6 Å². The van der Waals surface area contributed by atoms with Crippen LogP contribution >= 0.6 is 11.6 Å². The van der Waals surface area contributed by atoms with Gasteiger partial charge < -0.3 is 15.3 Å². The largest absolute Gasteiger partial charge is 0.508 e. The number of rotatable bonds is 3. The Labute approximate surface area is 152 Å². The Bertz CT molecular complexity index is 776. The number of aliphatic carboxylic acids is 1. The number of hydrogen-bond acceptors (Lipinski definition) is 3. The van der Waals surface area contributed by atoms with E-state index in [9.17, 15) is 15.0 Å². The minimum atomic E-state index is -1.08. The number of aliphatic hydroxyl groups is 1. The van der Waals surface area contributed by atoms with Gasteiger partial charge in [0, 0.05) is 16.9 Å². The van der Waals surface area contributed by atoms with Crippen molar-refractivity contribution in [3.8, 4) is 17.0 Å². The van der Waals surface area contributed by atoms with E-state index in [0.29, 0.717) is 25.7 Å². The van der Waals surface area contributed by atoms with E-state index >= 15 is 0 Å². The lowest BCUT2D eigenvalue weighted by molar-refractivity contribution is -0.131. The summed E-state index contributed by atoms with van der Waals surface area (Å²) in [6.07, 6.45) is 6.87. The molecule has 0 radical (unpaired) electrons. The zero-order valence-electron chi connectivity index (χ0n) is 13.8. The van der Waals surface area contributed by atoms with Crippen LogP contribution < -0.4 is 0 Å². The number of carbonyl (C=O) groups is 1. The van der Waals surface area contributed by atoms with Gasteiger partial charge in [0.25, 0.3) is 0 Å². The molecule has 1 saturated carbocycles. The Morgan fingerprint density at radius 2 is 2.20 bits per heavy atom. The topological polar surface area (TPSA) is 77.8 Å². The Morgan fingerprint density at radius 1 is 1.40 bits per heavy atom. The highest BCUT2D eigenvalue weighted by Crippen LogP contribution is 2.54. The summed E-state index contributed by atoms with van der Waals surface area (Å²) in [4.78, 5) is 10.9. The van der Waals surface area contributed by atoms with E-state index in [4.69, 9.17) is 16.7 Å². The highest BCUT2D eigenvalue weighted by molar-refractivity contribution is 6.30. The predicted molar refractivity (Wildman–Crippen MR) is 95.4 cm³/mol. The third-order valence-electron chi connectivity index (χ3n) is 5.76. The van der Waals surface area contributed by atoms with Crippen molar-refractivity contribution >= 4 is 17.6 Å². The number of carboxylic acids is 1. The smallest absolute Gasteiger partial charge is 0.327 e. The number of carboxylic acid groups (broad SMARTS) is 1. The van der Waals surface area contributed by atoms with Crippen LogP contribution in [0.15, 0.2) is 30.4 Å². The van der Waals surface area contributed by atoms with Crippen LogP contribution in [0, 0.1) is 17.2 Å². The maximum absolute atomic E-state index is 10.9. The van der Waals surface area contributed by atoms with Gasteiger partial charge in [-0.05, 0) is 79.3 Å². The summed E-state index contributed by atoms with van der Waals surface area (Å²) >= 11 is 5.53. The molecule has 3 atom stereocenters. The zero-order chi connectivity index (χ0) is 18.1. The van der Waals surface area contributed by atoms with Crippen LogP contribution in [-0.4, -0.2) is 26.9 Å². The minimum Gasteiger partial charge on any atom is -0.508 e. The summed E-state index contributed by atoms with van der Waals surface area (Å²) in [5.74, 6) is 2.20. The number of aromatic hydroxyl groups is 1. The van der Waals surface area contributed by atoms with E-state index in [0.717, 1.165) is 24.0 Å². The molecule has 0 heterocycles. The number of fused-ring (bicyclic) bond motifs is 3. The average molecular weight is 361 g/mol. The fourth-order valence-corrected chi connectivity index (χ4v) is 4.80. The molecule has 4 nitrogen and oxygen atoms in total. The highest BCUT2D eigenvalue weighted by atomic mass is 35.5. The standard InChI is InChI=1S/C20H21ClO4/c21-11-10-19(25)8-9-20(7-1-2-18(23)24)15(13-19)4-3-14-12-16(22)5-6-17(14)20/h1-2,5-6,12,15,22,25H,3-4,7-9,13H2,(H,23,24)/t15-,19+,20-/m0/s1. The first-order valence-corrected chi connectivity index (χ1v) is 8.83. The molecule has 2 aliphatic rings. The summed E-state index contributed by atoms with van der Waals surface area (Å²) in [5, 5.41) is 31.8. The third-order valence-corrected chi connectivity index (χ3v) is 5.85. The van der Waals surface area contributed by atoms with E-state index in [1.807, 2.05) is 6.07 Å². The van der Waals surface area contributed by atoms with E-state index < -0.39 is 11.6 Å². The molecular formula is C20H21ClO4. The summed E-state index contributed by atoms with van der Waals surface area (Å²) < 4.78 is 0. The molecule has 0 saturated heterocycles. The van der Waals surface area contributed by atoms with Gasteiger partial charge >= 0.3 is 5.97 Å². The Balaban J connectivity index is 2.02. The van der Waals surface area contributed by atoms with Crippen molar-refractivity contribution in [3.63, 3.8) is 0 Å². The fraction of sp³-hybridized carbons (Fsp3) is 0.450. The summed E-state index contributed by atoms with van der Waals surface area (Å²) in [6, 6.07) is 5.43. The number of phenols is 1. The number of allylic oxidation sites excluding steroid dienone is 1. The molecular weight excluding hydrogens is 340 g/mol. The lowest BCUT2D eigenvalue weighted by Gasteiger charge is -2.52. The number of aryl methyl sites for hydroxylation is 1. The lowest BCUT2D eigenvalue weighted by atomic mass is 9.53. The van der Waals surface area contributed by atoms with Gasteiger partial charge in [0.05, 0.1) is 0 Å². The molecule has 2 aliphatic carbocycles. The first-order valence-electron chi connectivity index (χ1n) is 8.46. The van der Waals surface area contributed by atoms with Gasteiger partial charge in [-0.15, -0.1) is 0 Å². The number of benzene rings is 1. The summed E-state index contributed by atoms with van der Waals surface area (Å²) in [7, 11) is 0. The molecule has 1 aromatic rings. The normalized spacial score (nSPS) is 30.9. The maximum Gasteiger partial charge on any atom is 0.327 e. The van der Waals surface area contributed by atoms with Gasteiger partial charge in [-0.1, -0.05) is 18.1 Å². The van der Waals surface area contributed by atoms with Crippen LogP contribution in [0.25, 0.3) is 0 Å². The van der Waals surface area contributed by atoms with Crippen LogP contribution in [0.5, 0.6) is 5.75 Å². The van der Waals surface area contributed by atoms with E-state index in [1.165, 1.54) is 6.08 Å². The van der Waals surface area contributed by atoms with Crippen LogP contribution in [0.4, 0.5) is 0 Å². The highest BCUT2D eigenvalue weighted by Gasteiger charge is 2.50. The molecule has 3 N–H and O–H groups in total. The van der Waals surface area contributed by atoms with E-state index in [2.05, 4.69) is 11.3 Å². The number of hydrogen-bond donors (Lipinski definition) is 3. The molecule has 3 rings (SSSR count). The monoisotopic (exact) mass is 360 g/mol. The van der Waals surface area contributed by atoms with Gasteiger partial charge in [0.1, 0.15) is 11.4 Å². The maximum atomic E-state index is 10.9. The molecule has 0 bridgehead atoms. The number of halogens is 1. The quantitative estimate of drug-likeness (QED) is 0.570. The SMILES string of the molecule is O=C(O)C=CC[C@]12CC[C@@](O)(C#CCl)C[C@@H]1CCc1cc(O)ccc12. The zero-order valence-corrected chi connectivity index (χ0v) is 14.6. The Kier molecular flexibility index (Phi) is 4.81. The molecule has 0 amide bonds. The second-order valence-corrected chi connectivity index (χ2v) is 7.32. The van der Waals surface area contributed by atoms with Crippen molar-refractivity contribution in [3.05, 3.63) is 41.5 Å². The molecule has 0 aliphatic heterocycles. The lowest BCUT2D eigenvalue weighted by Crippen LogP contribution is -2.49. The van der Waals surface area contributed by atoms with Gasteiger partial charge in [-0.25, -0.2) is 4.79 Å². The number of phenolic OH excluding ortho intramolecular Hbond substituents is 1. The van der Waals surface area contributed by atoms with Crippen molar-refractivity contribution in [1.82, 2.24) is 0 Å². The molecule has 1 aromatic carbocycles. The Hall–Kier alpha value is -1.96. The Morgan fingerprint density at radius 3 is 2.92 bits per heavy atom. The van der Waals surface area contributed by atoms with E-state index in [-0.39, 0.29) is 17.1 Å². The first kappa shape index (κ1) is 17.8.